The molecule has 4 aromatic rings. The maximum absolute atomic E-state index is 13.6. The monoisotopic (exact) mass is 714 g/mol. The van der Waals surface area contributed by atoms with Crippen molar-refractivity contribution in [2.75, 3.05) is 25.6 Å². The van der Waals surface area contributed by atoms with Gasteiger partial charge in [-0.1, -0.05) is 5.21 Å². The van der Waals surface area contributed by atoms with Crippen LogP contribution in [0.5, 0.6) is 0 Å². The summed E-state index contributed by atoms with van der Waals surface area (Å²) in [5.74, 6) is -1.09. The topological polar surface area (TPSA) is 290 Å². The highest BCUT2D eigenvalue weighted by molar-refractivity contribution is 8.07. The second kappa shape index (κ2) is 10.8. The van der Waals surface area contributed by atoms with E-state index in [9.17, 15) is 29.4 Å². The molecule has 1 spiro atoms. The summed E-state index contributed by atoms with van der Waals surface area (Å²) < 4.78 is 45.2. The standard InChI is InChI=1S/C23H28N10O11P2S/c1-8-28-20-13(21(36)29-8)30-31-33(20)22-16-9(3-34)11(42-22)4-40-46(39,47)44-17-15(35)14(10-2-23(10,17)5-41-45(37,38)43-16)32-7-27-12-18(24)25-6-26-19(12)32/h6-7,9-11,14-17,22,34-35H,2-5H2,1H3,(H,37,38)(H,39,47)(H2,24,25,26)(H,28,29,36)/t9-,10-,11-,14-,15+,16-,17+,22-,23-,46?/m1/s1. The van der Waals surface area contributed by atoms with Gasteiger partial charge in [0.15, 0.2) is 28.9 Å². The molecule has 2 saturated carbocycles. The van der Waals surface area contributed by atoms with Crippen molar-refractivity contribution in [2.45, 2.75) is 50.0 Å². The molecule has 0 radical (unpaired) electrons. The number of phosphoric acid groups is 1. The lowest BCUT2D eigenvalue weighted by molar-refractivity contribution is -0.0658. The highest BCUT2D eigenvalue weighted by atomic mass is 32.5. The summed E-state index contributed by atoms with van der Waals surface area (Å²) in [6, 6.07) is -0.729. The molecule has 6 heterocycles. The summed E-state index contributed by atoms with van der Waals surface area (Å²) in [7, 11) is -4.96. The number of fused-ring (bicyclic) bond motifs is 4. The van der Waals surface area contributed by atoms with Crippen LogP contribution in [0.15, 0.2) is 17.4 Å². The summed E-state index contributed by atoms with van der Waals surface area (Å²) in [6.07, 6.45) is -3.38. The zero-order valence-electron chi connectivity index (χ0n) is 24.2. The third-order valence-electron chi connectivity index (χ3n) is 9.33. The predicted molar refractivity (Wildman–Crippen MR) is 158 cm³/mol. The van der Waals surface area contributed by atoms with Crippen molar-refractivity contribution in [3.05, 3.63) is 28.8 Å². The summed E-state index contributed by atoms with van der Waals surface area (Å²) in [4.78, 5) is 54.0. The number of phosphoric ester groups is 1. The molecule has 4 fully saturated rings. The molecule has 8 rings (SSSR count). The zero-order chi connectivity index (χ0) is 33.0. The first-order valence-corrected chi connectivity index (χ1v) is 18.4. The van der Waals surface area contributed by atoms with E-state index < -0.39 is 93.9 Å². The second-order valence-electron chi connectivity index (χ2n) is 12.0. The molecule has 2 saturated heterocycles. The number of aryl methyl sites for hydroxylation is 1. The number of aromatic amines is 1. The van der Waals surface area contributed by atoms with Gasteiger partial charge in [0.1, 0.15) is 36.0 Å². The highest BCUT2D eigenvalue weighted by Crippen LogP contribution is 2.72. The van der Waals surface area contributed by atoms with Gasteiger partial charge in [0.2, 0.25) is 0 Å². The lowest BCUT2D eigenvalue weighted by Crippen LogP contribution is -2.38. The average molecular weight is 715 g/mol. The number of imidazole rings is 1. The number of H-pyrrole nitrogens is 1. The Kier molecular flexibility index (Phi) is 7.24. The Hall–Kier alpha value is -2.85. The van der Waals surface area contributed by atoms with E-state index in [1.807, 2.05) is 0 Å². The van der Waals surface area contributed by atoms with Crippen molar-refractivity contribution < 1.29 is 47.4 Å². The molecule has 7 N–H and O–H groups in total. The Balaban J connectivity index is 1.15. The van der Waals surface area contributed by atoms with E-state index >= 15 is 0 Å². The lowest BCUT2D eigenvalue weighted by Gasteiger charge is -2.31. The smallest absolute Gasteiger partial charge is 0.396 e. The fourth-order valence-electron chi connectivity index (χ4n) is 7.10. The van der Waals surface area contributed by atoms with Crippen LogP contribution in [0.3, 0.4) is 0 Å². The van der Waals surface area contributed by atoms with Crippen molar-refractivity contribution >= 4 is 54.5 Å². The van der Waals surface area contributed by atoms with Crippen molar-refractivity contribution in [1.82, 2.24) is 44.5 Å². The Bertz CT molecular complexity index is 2060. The number of nitrogens with two attached hydrogens (primary N) is 1. The van der Waals surface area contributed by atoms with E-state index in [0.29, 0.717) is 17.6 Å². The van der Waals surface area contributed by atoms with Gasteiger partial charge in [0, 0.05) is 11.3 Å². The summed E-state index contributed by atoms with van der Waals surface area (Å²) in [5.41, 5.74) is 4.79. The molecule has 252 valence electrons. The maximum atomic E-state index is 13.6. The normalized spacial score (nSPS) is 40.4. The van der Waals surface area contributed by atoms with Gasteiger partial charge in [-0.25, -0.2) is 24.5 Å². The number of hydrogen-bond acceptors (Lipinski definition) is 17. The quantitative estimate of drug-likeness (QED) is 0.136. The Morgan fingerprint density at radius 1 is 1.19 bits per heavy atom. The minimum atomic E-state index is -4.96. The number of aliphatic hydroxyl groups excluding tert-OH is 2. The average Bonchev–Trinajstić information content (AvgIpc) is 3.30. The molecule has 2 aliphatic heterocycles. The number of aromatic nitrogens is 9. The molecule has 24 heteroatoms. The predicted octanol–water partition coefficient (Wildman–Crippen LogP) is -1.19. The maximum Gasteiger partial charge on any atom is 0.472 e. The highest BCUT2D eigenvalue weighted by Gasteiger charge is 2.74. The second-order valence-corrected chi connectivity index (χ2v) is 16.2. The lowest BCUT2D eigenvalue weighted by atomic mass is 9.99. The third-order valence-corrected chi connectivity index (χ3v) is 11.8. The van der Waals surface area contributed by atoms with Crippen molar-refractivity contribution in [1.29, 1.82) is 0 Å². The van der Waals surface area contributed by atoms with Crippen LogP contribution in [0, 0.1) is 24.2 Å². The van der Waals surface area contributed by atoms with Crippen LogP contribution < -0.4 is 11.3 Å². The largest absolute Gasteiger partial charge is 0.472 e. The molecule has 47 heavy (non-hydrogen) atoms. The number of nitrogen functional groups attached to an aromatic ring is 1. The van der Waals surface area contributed by atoms with E-state index in [1.165, 1.54) is 19.6 Å². The van der Waals surface area contributed by atoms with Crippen LogP contribution in [-0.2, 0) is 39.2 Å². The first-order valence-electron chi connectivity index (χ1n) is 14.3. The van der Waals surface area contributed by atoms with Crippen LogP contribution in [0.1, 0.15) is 24.5 Å². The number of ether oxygens (including phenoxy) is 1. The number of anilines is 1. The molecule has 0 aromatic carbocycles. The van der Waals surface area contributed by atoms with Gasteiger partial charge in [-0.15, -0.1) is 5.10 Å². The fraction of sp³-hybridized carbons (Fsp3) is 0.609. The number of nitrogens with one attached hydrogen (secondary N) is 1. The molecule has 4 aliphatic rings. The van der Waals surface area contributed by atoms with Gasteiger partial charge < -0.3 is 49.1 Å². The van der Waals surface area contributed by atoms with E-state index in [1.54, 1.807) is 4.57 Å². The SMILES string of the molecule is Cc1nc2c(nnn2[C@@H]2O[C@@H]3COP(O)(=S)O[C@H]4[C@@H](O)[C@H](n5cnc6c(N)ncnc65)[C@H]5C[C@@]54COP(=O)(O)O[C@@H]2[C@@H]3CO)c(=O)[nH]1. The van der Waals surface area contributed by atoms with Gasteiger partial charge in [-0.2, -0.15) is 4.68 Å². The Morgan fingerprint density at radius 3 is 2.79 bits per heavy atom. The fourth-order valence-corrected chi connectivity index (χ4v) is 9.61. The Labute approximate surface area is 267 Å². The Morgan fingerprint density at radius 2 is 2.00 bits per heavy atom. The molecule has 21 nitrogen and oxygen atoms in total. The number of rotatable bonds is 3. The molecule has 11 atom stereocenters. The molecule has 2 bridgehead atoms. The van der Waals surface area contributed by atoms with Crippen LogP contribution in [-0.4, -0.2) is 109 Å². The summed E-state index contributed by atoms with van der Waals surface area (Å²) in [5, 5.41) is 29.8. The van der Waals surface area contributed by atoms with E-state index in [4.69, 9.17) is 40.4 Å². The summed E-state index contributed by atoms with van der Waals surface area (Å²) >= 11 is 5.36. The van der Waals surface area contributed by atoms with Crippen molar-refractivity contribution in [2.24, 2.45) is 17.3 Å². The van der Waals surface area contributed by atoms with Gasteiger partial charge in [-0.3, -0.25) is 13.8 Å². The van der Waals surface area contributed by atoms with Gasteiger partial charge in [0.05, 0.1) is 38.3 Å². The van der Waals surface area contributed by atoms with Gasteiger partial charge in [-0.05, 0) is 31.1 Å². The van der Waals surface area contributed by atoms with Crippen LogP contribution >= 0.6 is 14.5 Å². The van der Waals surface area contributed by atoms with Crippen LogP contribution in [0.2, 0.25) is 0 Å². The van der Waals surface area contributed by atoms with Crippen LogP contribution in [0.4, 0.5) is 5.82 Å². The van der Waals surface area contributed by atoms with Gasteiger partial charge >= 0.3 is 14.5 Å². The first-order chi connectivity index (χ1) is 22.3. The molecule has 4 aromatic heterocycles. The summed E-state index contributed by atoms with van der Waals surface area (Å²) in [6.45, 7) is -4.16. The molecular weight excluding hydrogens is 686 g/mol. The van der Waals surface area contributed by atoms with Crippen molar-refractivity contribution in [3.63, 3.8) is 0 Å². The minimum absolute atomic E-state index is 0.0129. The van der Waals surface area contributed by atoms with Crippen molar-refractivity contribution in [3.8, 4) is 0 Å². The molecular formula is C23H28N10O11P2S. The van der Waals surface area contributed by atoms with Gasteiger partial charge in [0.25, 0.3) is 5.56 Å². The van der Waals surface area contributed by atoms with Crippen LogP contribution in [0.25, 0.3) is 22.3 Å². The molecule has 2 unspecified atom stereocenters. The number of hydrogen-bond donors (Lipinski definition) is 6. The van der Waals surface area contributed by atoms with E-state index in [0.717, 1.165) is 4.68 Å². The first kappa shape index (κ1) is 31.4. The third kappa shape index (κ3) is 4.98. The zero-order valence-corrected chi connectivity index (χ0v) is 26.8. The molecule has 0 amide bonds. The number of nitrogens with zero attached hydrogens (tertiary/aromatic N) is 8. The minimum Gasteiger partial charge on any atom is -0.396 e. The number of aliphatic hydroxyl groups is 2. The van der Waals surface area contributed by atoms with E-state index in [2.05, 4.69) is 35.2 Å². The molecule has 2 aliphatic carbocycles. The van der Waals surface area contributed by atoms with E-state index in [-0.39, 0.29) is 22.8 Å².